The second kappa shape index (κ2) is 7.44. The van der Waals surface area contributed by atoms with E-state index in [1.807, 2.05) is 0 Å². The molecule has 0 atom stereocenters. The molecule has 0 saturated heterocycles. The smallest absolute Gasteiger partial charge is 0.363 e. The van der Waals surface area contributed by atoms with Gasteiger partial charge in [0.2, 0.25) is 5.69 Å². The zero-order valence-corrected chi connectivity index (χ0v) is 10.4. The number of carboxylic acids is 1. The van der Waals surface area contributed by atoms with Gasteiger partial charge in [-0.15, -0.1) is 0 Å². The van der Waals surface area contributed by atoms with Gasteiger partial charge in [0.15, 0.2) is 0 Å². The lowest BCUT2D eigenvalue weighted by Gasteiger charge is -2.03. The summed E-state index contributed by atoms with van der Waals surface area (Å²) in [6.45, 7) is 1.64. The van der Waals surface area contributed by atoms with E-state index in [2.05, 4.69) is 5.10 Å². The molecule has 19 heavy (non-hydrogen) atoms. The van der Waals surface area contributed by atoms with Gasteiger partial charge in [0.05, 0.1) is 18.1 Å². The van der Waals surface area contributed by atoms with Crippen LogP contribution in [0, 0.1) is 10.1 Å². The van der Waals surface area contributed by atoms with Crippen molar-refractivity contribution in [2.24, 2.45) is 0 Å². The molecule has 106 valence electrons. The lowest BCUT2D eigenvalue weighted by molar-refractivity contribution is -0.385. The minimum absolute atomic E-state index is 0.251. The number of aromatic carboxylic acids is 1. The summed E-state index contributed by atoms with van der Waals surface area (Å²) in [5.74, 6) is -1.42. The van der Waals surface area contributed by atoms with Gasteiger partial charge in [-0.25, -0.2) is 4.79 Å². The largest absolute Gasteiger partial charge is 0.476 e. The van der Waals surface area contributed by atoms with Crippen LogP contribution in [0.5, 0.6) is 0 Å². The van der Waals surface area contributed by atoms with E-state index >= 15 is 0 Å². The number of nitro groups is 1. The topological polar surface area (TPSA) is 117 Å². The fraction of sp³-hybridized carbons (Fsp3) is 0.600. The summed E-state index contributed by atoms with van der Waals surface area (Å²) in [5, 5.41) is 23.0. The monoisotopic (exact) mass is 273 g/mol. The molecule has 1 aromatic heterocycles. The van der Waals surface area contributed by atoms with Gasteiger partial charge in [-0.1, -0.05) is 0 Å². The van der Waals surface area contributed by atoms with E-state index < -0.39 is 22.3 Å². The van der Waals surface area contributed by atoms with E-state index in [0.29, 0.717) is 19.8 Å². The van der Waals surface area contributed by atoms with E-state index in [0.717, 1.165) is 12.6 Å². The predicted molar refractivity (Wildman–Crippen MR) is 63.2 cm³/mol. The first-order valence-corrected chi connectivity index (χ1v) is 5.58. The fourth-order valence-corrected chi connectivity index (χ4v) is 1.38. The second-order valence-electron chi connectivity index (χ2n) is 3.65. The molecule has 0 amide bonds. The average molecular weight is 273 g/mol. The first kappa shape index (κ1) is 15.1. The first-order chi connectivity index (χ1) is 9.06. The minimum atomic E-state index is -1.42. The second-order valence-corrected chi connectivity index (χ2v) is 3.65. The van der Waals surface area contributed by atoms with Crippen molar-refractivity contribution in [2.75, 3.05) is 26.9 Å². The molecule has 0 aliphatic carbocycles. The highest BCUT2D eigenvalue weighted by atomic mass is 16.6. The molecule has 0 aliphatic rings. The number of methoxy groups -OCH3 is 1. The van der Waals surface area contributed by atoms with Gasteiger partial charge in [0.1, 0.15) is 6.20 Å². The van der Waals surface area contributed by atoms with Crippen LogP contribution in [-0.4, -0.2) is 52.7 Å². The van der Waals surface area contributed by atoms with Crippen molar-refractivity contribution >= 4 is 11.7 Å². The standard InChI is InChI=1S/C10H15N3O6/c1-18-4-2-5-19-6-3-12-7-8(13(16)17)9(11-12)10(14)15/h7H,2-6H2,1H3,(H,14,15). The Kier molecular flexibility index (Phi) is 5.90. The molecule has 0 aromatic carbocycles. The van der Waals surface area contributed by atoms with Crippen LogP contribution < -0.4 is 0 Å². The number of hydrogen-bond donors (Lipinski definition) is 1. The number of hydrogen-bond acceptors (Lipinski definition) is 6. The van der Waals surface area contributed by atoms with E-state index in [-0.39, 0.29) is 6.54 Å². The van der Waals surface area contributed by atoms with Crippen LogP contribution in [-0.2, 0) is 16.0 Å². The molecule has 9 heteroatoms. The van der Waals surface area contributed by atoms with Gasteiger partial charge >= 0.3 is 11.7 Å². The fourth-order valence-electron chi connectivity index (χ4n) is 1.38. The van der Waals surface area contributed by atoms with Gasteiger partial charge in [0, 0.05) is 20.3 Å². The highest BCUT2D eigenvalue weighted by molar-refractivity contribution is 5.89. The molecule has 0 bridgehead atoms. The van der Waals surface area contributed by atoms with Crippen molar-refractivity contribution in [3.8, 4) is 0 Å². The number of carboxylic acid groups (broad SMARTS) is 1. The molecular weight excluding hydrogens is 258 g/mol. The lowest BCUT2D eigenvalue weighted by atomic mass is 10.4. The van der Waals surface area contributed by atoms with Crippen LogP contribution in [0.4, 0.5) is 5.69 Å². The third-order valence-corrected chi connectivity index (χ3v) is 2.24. The lowest BCUT2D eigenvalue weighted by Crippen LogP contribution is -2.09. The van der Waals surface area contributed by atoms with Crippen LogP contribution >= 0.6 is 0 Å². The quantitative estimate of drug-likeness (QED) is 0.396. The van der Waals surface area contributed by atoms with Gasteiger partial charge < -0.3 is 14.6 Å². The maximum atomic E-state index is 10.8. The molecule has 1 aromatic rings. The number of aromatic nitrogens is 2. The summed E-state index contributed by atoms with van der Waals surface area (Å²) in [6, 6.07) is 0. The molecule has 0 radical (unpaired) electrons. The highest BCUT2D eigenvalue weighted by Gasteiger charge is 2.24. The predicted octanol–water partition coefficient (Wildman–Crippen LogP) is 0.543. The molecule has 1 heterocycles. The Morgan fingerprint density at radius 2 is 2.26 bits per heavy atom. The molecular formula is C10H15N3O6. The van der Waals surface area contributed by atoms with Crippen molar-refractivity contribution in [2.45, 2.75) is 13.0 Å². The Labute approximate surface area is 108 Å². The molecule has 0 spiro atoms. The van der Waals surface area contributed by atoms with Crippen LogP contribution in [0.15, 0.2) is 6.20 Å². The maximum absolute atomic E-state index is 10.8. The third kappa shape index (κ3) is 4.64. The van der Waals surface area contributed by atoms with E-state index in [9.17, 15) is 14.9 Å². The third-order valence-electron chi connectivity index (χ3n) is 2.24. The number of rotatable bonds is 9. The number of ether oxygens (including phenoxy) is 2. The minimum Gasteiger partial charge on any atom is -0.476 e. The summed E-state index contributed by atoms with van der Waals surface area (Å²) in [4.78, 5) is 20.6. The zero-order valence-electron chi connectivity index (χ0n) is 10.4. The molecule has 1 N–H and O–H groups in total. The first-order valence-electron chi connectivity index (χ1n) is 5.58. The van der Waals surface area contributed by atoms with Gasteiger partial charge in [0.25, 0.3) is 0 Å². The van der Waals surface area contributed by atoms with Crippen molar-refractivity contribution in [1.82, 2.24) is 9.78 Å². The number of nitrogens with zero attached hydrogens (tertiary/aromatic N) is 3. The van der Waals surface area contributed by atoms with Gasteiger partial charge in [-0.2, -0.15) is 5.10 Å². The van der Waals surface area contributed by atoms with E-state index in [4.69, 9.17) is 14.6 Å². The normalized spacial score (nSPS) is 10.6. The molecule has 0 saturated carbocycles. The Hall–Kier alpha value is -2.00. The van der Waals surface area contributed by atoms with Crippen molar-refractivity contribution in [1.29, 1.82) is 0 Å². The van der Waals surface area contributed by atoms with Gasteiger partial charge in [-0.3, -0.25) is 14.8 Å². The van der Waals surface area contributed by atoms with Crippen LogP contribution in [0.2, 0.25) is 0 Å². The summed E-state index contributed by atoms with van der Waals surface area (Å²) >= 11 is 0. The van der Waals surface area contributed by atoms with Crippen molar-refractivity contribution in [3.63, 3.8) is 0 Å². The summed E-state index contributed by atoms with van der Waals surface area (Å²) < 4.78 is 11.3. The van der Waals surface area contributed by atoms with Crippen molar-refractivity contribution in [3.05, 3.63) is 22.0 Å². The molecule has 0 unspecified atom stereocenters. The summed E-state index contributed by atoms with van der Waals surface area (Å²) in [7, 11) is 1.59. The summed E-state index contributed by atoms with van der Waals surface area (Å²) in [6.07, 6.45) is 1.83. The molecule has 9 nitrogen and oxygen atoms in total. The molecule has 0 fully saturated rings. The Morgan fingerprint density at radius 3 is 2.79 bits per heavy atom. The van der Waals surface area contributed by atoms with Crippen molar-refractivity contribution < 1.29 is 24.3 Å². The molecule has 1 rings (SSSR count). The average Bonchev–Trinajstić information content (AvgIpc) is 2.78. The zero-order chi connectivity index (χ0) is 14.3. The van der Waals surface area contributed by atoms with Gasteiger partial charge in [-0.05, 0) is 6.42 Å². The maximum Gasteiger partial charge on any atom is 0.363 e. The SMILES string of the molecule is COCCCOCCn1cc([N+](=O)[O-])c(C(=O)O)n1. The Bertz CT molecular complexity index is 413. The summed E-state index contributed by atoms with van der Waals surface area (Å²) in [5.41, 5.74) is -1.09. The van der Waals surface area contributed by atoms with Crippen LogP contribution in [0.1, 0.15) is 16.9 Å². The van der Waals surface area contributed by atoms with Crippen LogP contribution in [0.3, 0.4) is 0 Å². The Balaban J connectivity index is 2.48. The van der Waals surface area contributed by atoms with Crippen LogP contribution in [0.25, 0.3) is 0 Å². The molecule has 0 aliphatic heterocycles. The van der Waals surface area contributed by atoms with E-state index in [1.165, 1.54) is 4.68 Å². The van der Waals surface area contributed by atoms with E-state index in [1.54, 1.807) is 7.11 Å². The number of carbonyl (C=O) groups is 1. The highest BCUT2D eigenvalue weighted by Crippen LogP contribution is 2.16. The Morgan fingerprint density at radius 1 is 1.53 bits per heavy atom.